The molecule has 0 saturated carbocycles. The fraction of sp³-hybridized carbons (Fsp3) is 0.909. The highest BCUT2D eigenvalue weighted by Crippen LogP contribution is 2.13. The van der Waals surface area contributed by atoms with Gasteiger partial charge >= 0.3 is 0 Å². The van der Waals surface area contributed by atoms with Crippen LogP contribution in [-0.4, -0.2) is 18.2 Å². The zero-order chi connectivity index (χ0) is 18.9. The van der Waals surface area contributed by atoms with Crippen molar-refractivity contribution >= 4 is 11.7 Å². The predicted molar refractivity (Wildman–Crippen MR) is 108 cm³/mol. The molecule has 0 aliphatic carbocycles. The standard InChI is InChI=1S/C22H43NO2/c1-19(2)18-23-22(25)17-15-13-11-9-7-5-6-8-10-12-14-16-21(24)20(3)4/h19-20H,5-18H2,1-4H3,(H,23,25). The molecule has 148 valence electrons. The van der Waals surface area contributed by atoms with Crippen molar-refractivity contribution in [2.24, 2.45) is 11.8 Å². The van der Waals surface area contributed by atoms with E-state index in [1.807, 2.05) is 13.8 Å². The summed E-state index contributed by atoms with van der Waals surface area (Å²) >= 11 is 0. The summed E-state index contributed by atoms with van der Waals surface area (Å²) in [5, 5.41) is 2.98. The number of hydrogen-bond donors (Lipinski definition) is 1. The SMILES string of the molecule is CC(C)CNC(=O)CCCCCCCCCCCCCC(=O)C(C)C. The molecule has 3 heteroatoms. The van der Waals surface area contributed by atoms with Crippen LogP contribution >= 0.6 is 0 Å². The third-order valence-corrected chi connectivity index (χ3v) is 4.68. The number of amides is 1. The normalized spacial score (nSPS) is 11.3. The molecule has 0 rings (SSSR count). The zero-order valence-corrected chi connectivity index (χ0v) is 17.4. The summed E-state index contributed by atoms with van der Waals surface area (Å²) in [7, 11) is 0. The molecule has 0 atom stereocenters. The van der Waals surface area contributed by atoms with E-state index in [4.69, 9.17) is 0 Å². The van der Waals surface area contributed by atoms with E-state index in [0.29, 0.717) is 18.1 Å². The molecule has 0 aromatic heterocycles. The fourth-order valence-electron chi connectivity index (χ4n) is 2.87. The van der Waals surface area contributed by atoms with Gasteiger partial charge < -0.3 is 5.32 Å². The number of nitrogens with one attached hydrogen (secondary N) is 1. The fourth-order valence-corrected chi connectivity index (χ4v) is 2.87. The van der Waals surface area contributed by atoms with E-state index in [1.165, 1.54) is 57.8 Å². The van der Waals surface area contributed by atoms with Crippen molar-refractivity contribution in [3.8, 4) is 0 Å². The maximum absolute atomic E-state index is 11.6. The lowest BCUT2D eigenvalue weighted by molar-refractivity contribution is -0.122. The Bertz CT molecular complexity index is 337. The van der Waals surface area contributed by atoms with Crippen molar-refractivity contribution in [3.63, 3.8) is 0 Å². The van der Waals surface area contributed by atoms with E-state index in [-0.39, 0.29) is 11.8 Å². The van der Waals surface area contributed by atoms with Crippen molar-refractivity contribution in [1.82, 2.24) is 5.32 Å². The minimum absolute atomic E-state index is 0.203. The molecule has 0 unspecified atom stereocenters. The number of carbonyl (C=O) groups is 2. The van der Waals surface area contributed by atoms with E-state index in [9.17, 15) is 9.59 Å². The highest BCUT2D eigenvalue weighted by Gasteiger charge is 2.05. The summed E-state index contributed by atoms with van der Waals surface area (Å²) in [6, 6.07) is 0. The number of rotatable bonds is 17. The van der Waals surface area contributed by atoms with Gasteiger partial charge in [-0.2, -0.15) is 0 Å². The van der Waals surface area contributed by atoms with Gasteiger partial charge in [0.15, 0.2) is 0 Å². The first-order valence-electron chi connectivity index (χ1n) is 10.7. The van der Waals surface area contributed by atoms with E-state index >= 15 is 0 Å². The maximum Gasteiger partial charge on any atom is 0.220 e. The summed E-state index contributed by atoms with van der Waals surface area (Å²) in [6.45, 7) is 9.02. The van der Waals surface area contributed by atoms with Gasteiger partial charge in [-0.05, 0) is 18.8 Å². The van der Waals surface area contributed by atoms with Crippen molar-refractivity contribution in [1.29, 1.82) is 0 Å². The Kier molecular flexibility index (Phi) is 16.0. The van der Waals surface area contributed by atoms with Crippen molar-refractivity contribution < 1.29 is 9.59 Å². The second kappa shape index (κ2) is 16.6. The van der Waals surface area contributed by atoms with Crippen molar-refractivity contribution in [2.75, 3.05) is 6.54 Å². The lowest BCUT2D eigenvalue weighted by atomic mass is 10.0. The second-order valence-corrected chi connectivity index (χ2v) is 8.21. The van der Waals surface area contributed by atoms with Crippen LogP contribution in [0.15, 0.2) is 0 Å². The van der Waals surface area contributed by atoms with Crippen LogP contribution in [0.3, 0.4) is 0 Å². The molecular weight excluding hydrogens is 310 g/mol. The average molecular weight is 354 g/mol. The van der Waals surface area contributed by atoms with E-state index in [2.05, 4.69) is 19.2 Å². The first kappa shape index (κ1) is 24.1. The van der Waals surface area contributed by atoms with Crippen molar-refractivity contribution in [2.45, 2.75) is 111 Å². The molecule has 0 aromatic rings. The number of unbranched alkanes of at least 4 members (excludes halogenated alkanes) is 10. The molecule has 0 spiro atoms. The van der Waals surface area contributed by atoms with Gasteiger partial charge in [0.2, 0.25) is 5.91 Å². The lowest BCUT2D eigenvalue weighted by Gasteiger charge is -2.07. The van der Waals surface area contributed by atoms with Crippen LogP contribution in [0.2, 0.25) is 0 Å². The number of ketones is 1. The molecular formula is C22H43NO2. The molecule has 25 heavy (non-hydrogen) atoms. The van der Waals surface area contributed by atoms with Gasteiger partial charge in [0, 0.05) is 25.3 Å². The molecule has 0 saturated heterocycles. The average Bonchev–Trinajstić information content (AvgIpc) is 2.56. The van der Waals surface area contributed by atoms with Gasteiger partial charge in [0.25, 0.3) is 0 Å². The number of carbonyl (C=O) groups excluding carboxylic acids is 2. The summed E-state index contributed by atoms with van der Waals surface area (Å²) in [5.74, 6) is 1.36. The van der Waals surface area contributed by atoms with Crippen LogP contribution in [0.25, 0.3) is 0 Å². The Hall–Kier alpha value is -0.860. The second-order valence-electron chi connectivity index (χ2n) is 8.21. The Labute approximate surface area is 156 Å². The van der Waals surface area contributed by atoms with E-state index in [1.54, 1.807) is 0 Å². The first-order valence-corrected chi connectivity index (χ1v) is 10.7. The summed E-state index contributed by atoms with van der Waals surface area (Å²) < 4.78 is 0. The number of Topliss-reactive ketones (excluding diaryl/α,β-unsaturated/α-hetero) is 1. The lowest BCUT2D eigenvalue weighted by Crippen LogP contribution is -2.26. The van der Waals surface area contributed by atoms with Crippen molar-refractivity contribution in [3.05, 3.63) is 0 Å². The molecule has 3 nitrogen and oxygen atoms in total. The molecule has 0 fully saturated rings. The molecule has 0 heterocycles. The van der Waals surface area contributed by atoms with Gasteiger partial charge in [0.1, 0.15) is 5.78 Å². The van der Waals surface area contributed by atoms with Crippen LogP contribution in [0.4, 0.5) is 0 Å². The van der Waals surface area contributed by atoms with Crippen LogP contribution < -0.4 is 5.32 Å². The summed E-state index contributed by atoms with van der Waals surface area (Å²) in [5.41, 5.74) is 0. The largest absolute Gasteiger partial charge is 0.356 e. The Morgan fingerprint density at radius 2 is 1.04 bits per heavy atom. The quantitative estimate of drug-likeness (QED) is 0.323. The minimum Gasteiger partial charge on any atom is -0.356 e. The van der Waals surface area contributed by atoms with Crippen LogP contribution in [0.5, 0.6) is 0 Å². The Morgan fingerprint density at radius 3 is 1.44 bits per heavy atom. The van der Waals surface area contributed by atoms with Gasteiger partial charge in [-0.25, -0.2) is 0 Å². The Morgan fingerprint density at radius 1 is 0.640 bits per heavy atom. The highest BCUT2D eigenvalue weighted by molar-refractivity contribution is 5.80. The molecule has 0 aliphatic rings. The smallest absolute Gasteiger partial charge is 0.220 e. The minimum atomic E-state index is 0.203. The summed E-state index contributed by atoms with van der Waals surface area (Å²) in [4.78, 5) is 23.1. The topological polar surface area (TPSA) is 46.2 Å². The third kappa shape index (κ3) is 17.7. The van der Waals surface area contributed by atoms with Crippen LogP contribution in [0.1, 0.15) is 111 Å². The van der Waals surface area contributed by atoms with E-state index < -0.39 is 0 Å². The predicted octanol–water partition coefficient (Wildman–Crippen LogP) is 6.06. The molecule has 0 aromatic carbocycles. The van der Waals surface area contributed by atoms with Gasteiger partial charge in [-0.3, -0.25) is 9.59 Å². The maximum atomic E-state index is 11.6. The van der Waals surface area contributed by atoms with Crippen LogP contribution in [-0.2, 0) is 9.59 Å². The molecule has 1 N–H and O–H groups in total. The Balaban J connectivity index is 3.19. The molecule has 1 amide bonds. The monoisotopic (exact) mass is 353 g/mol. The zero-order valence-electron chi connectivity index (χ0n) is 17.4. The van der Waals surface area contributed by atoms with Gasteiger partial charge in [-0.15, -0.1) is 0 Å². The van der Waals surface area contributed by atoms with E-state index in [0.717, 1.165) is 25.8 Å². The first-order chi connectivity index (χ1) is 11.9. The van der Waals surface area contributed by atoms with Gasteiger partial charge in [-0.1, -0.05) is 85.5 Å². The third-order valence-electron chi connectivity index (χ3n) is 4.68. The molecule has 0 bridgehead atoms. The highest BCUT2D eigenvalue weighted by atomic mass is 16.1. The number of hydrogen-bond acceptors (Lipinski definition) is 2. The molecule has 0 radical (unpaired) electrons. The summed E-state index contributed by atoms with van der Waals surface area (Å²) in [6.07, 6.45) is 15.1. The molecule has 0 aliphatic heterocycles. The van der Waals surface area contributed by atoms with Crippen LogP contribution in [0, 0.1) is 11.8 Å². The van der Waals surface area contributed by atoms with Gasteiger partial charge in [0.05, 0.1) is 0 Å².